The predicted octanol–water partition coefficient (Wildman–Crippen LogP) is 3.29. The Balaban J connectivity index is 1.66. The fraction of sp³-hybridized carbons (Fsp3) is 0.190. The van der Waals surface area contributed by atoms with Crippen molar-refractivity contribution in [2.45, 2.75) is 30.1 Å². The summed E-state index contributed by atoms with van der Waals surface area (Å²) < 4.78 is 28.0. The number of benzene rings is 1. The fourth-order valence-electron chi connectivity index (χ4n) is 3.45. The Bertz CT molecular complexity index is 1240. The van der Waals surface area contributed by atoms with Gasteiger partial charge >= 0.3 is 0 Å². The molecule has 1 atom stereocenters. The number of hydrogen-bond acceptors (Lipinski definition) is 7. The van der Waals surface area contributed by atoms with Gasteiger partial charge in [-0.1, -0.05) is 12.1 Å². The molecule has 32 heavy (non-hydrogen) atoms. The third kappa shape index (κ3) is 4.37. The Morgan fingerprint density at radius 2 is 1.78 bits per heavy atom. The van der Waals surface area contributed by atoms with E-state index in [9.17, 15) is 22.8 Å². The van der Waals surface area contributed by atoms with Crippen LogP contribution >= 0.6 is 22.7 Å². The molecule has 3 heterocycles. The van der Waals surface area contributed by atoms with Crippen LogP contribution in [-0.4, -0.2) is 36.5 Å². The smallest absolute Gasteiger partial charge is 0.253 e. The van der Waals surface area contributed by atoms with Crippen LogP contribution < -0.4 is 10.2 Å². The first-order valence-electron chi connectivity index (χ1n) is 9.59. The van der Waals surface area contributed by atoms with Gasteiger partial charge in [0.25, 0.3) is 15.9 Å². The lowest BCUT2D eigenvalue weighted by Crippen LogP contribution is -2.44. The molecule has 0 saturated carbocycles. The van der Waals surface area contributed by atoms with Crippen LogP contribution in [0.5, 0.6) is 0 Å². The van der Waals surface area contributed by atoms with Crippen LogP contribution in [0.15, 0.2) is 63.5 Å². The van der Waals surface area contributed by atoms with Gasteiger partial charge in [-0.05, 0) is 47.2 Å². The van der Waals surface area contributed by atoms with E-state index in [2.05, 4.69) is 5.32 Å². The number of hydrogen-bond donors (Lipinski definition) is 1. The second-order valence-corrected chi connectivity index (χ2v) is 11.2. The summed E-state index contributed by atoms with van der Waals surface area (Å²) in [6.45, 7) is 1.37. The minimum absolute atomic E-state index is 0.00308. The molecule has 0 aliphatic carbocycles. The second-order valence-electron chi connectivity index (χ2n) is 7.08. The lowest BCUT2D eigenvalue weighted by atomic mass is 10.2. The van der Waals surface area contributed by atoms with Crippen molar-refractivity contribution in [3.05, 3.63) is 64.2 Å². The van der Waals surface area contributed by atoms with Gasteiger partial charge in [-0.25, -0.2) is 13.3 Å². The molecule has 3 aromatic rings. The van der Waals surface area contributed by atoms with E-state index in [-0.39, 0.29) is 23.1 Å². The van der Waals surface area contributed by atoms with E-state index in [0.29, 0.717) is 11.4 Å². The zero-order valence-electron chi connectivity index (χ0n) is 16.9. The second kappa shape index (κ2) is 8.94. The van der Waals surface area contributed by atoms with Crippen molar-refractivity contribution in [3.8, 4) is 0 Å². The van der Waals surface area contributed by atoms with Gasteiger partial charge in [0.05, 0.1) is 12.1 Å². The Kier molecular flexibility index (Phi) is 6.24. The highest BCUT2D eigenvalue weighted by atomic mass is 32.2. The van der Waals surface area contributed by atoms with E-state index in [0.717, 1.165) is 25.4 Å². The molecule has 2 aromatic heterocycles. The maximum absolute atomic E-state index is 13.4. The van der Waals surface area contributed by atoms with E-state index in [1.807, 2.05) is 5.38 Å². The molecule has 166 valence electrons. The average Bonchev–Trinajstić information content (AvgIpc) is 3.49. The number of imide groups is 1. The summed E-state index contributed by atoms with van der Waals surface area (Å²) in [5.74, 6) is -1.32. The normalized spacial score (nSPS) is 16.7. The quantitative estimate of drug-likeness (QED) is 0.513. The van der Waals surface area contributed by atoms with Crippen LogP contribution in [0.1, 0.15) is 18.2 Å². The molecule has 0 radical (unpaired) electrons. The molecule has 3 amide bonds. The van der Waals surface area contributed by atoms with Crippen LogP contribution in [-0.2, 0) is 31.0 Å². The Labute approximate surface area is 193 Å². The van der Waals surface area contributed by atoms with Gasteiger partial charge in [0, 0.05) is 24.0 Å². The molecular weight excluding hydrogens is 470 g/mol. The van der Waals surface area contributed by atoms with Crippen molar-refractivity contribution in [1.82, 2.24) is 4.31 Å². The highest BCUT2D eigenvalue weighted by Crippen LogP contribution is 2.32. The van der Waals surface area contributed by atoms with Gasteiger partial charge in [0.15, 0.2) is 0 Å². The monoisotopic (exact) mass is 489 g/mol. The summed E-state index contributed by atoms with van der Waals surface area (Å²) in [6.07, 6.45) is -0.248. The average molecular weight is 490 g/mol. The topological polar surface area (TPSA) is 104 Å². The van der Waals surface area contributed by atoms with Gasteiger partial charge in [-0.2, -0.15) is 4.31 Å². The summed E-state index contributed by atoms with van der Waals surface area (Å²) in [5, 5.41) is 6.10. The first-order valence-corrected chi connectivity index (χ1v) is 12.8. The Hall–Kier alpha value is -2.86. The minimum Gasteiger partial charge on any atom is -0.326 e. The van der Waals surface area contributed by atoms with E-state index < -0.39 is 27.9 Å². The molecule has 1 unspecified atom stereocenters. The number of rotatable bonds is 7. The van der Waals surface area contributed by atoms with Gasteiger partial charge < -0.3 is 5.32 Å². The molecule has 11 heteroatoms. The molecule has 4 rings (SSSR count). The number of amides is 3. The van der Waals surface area contributed by atoms with Gasteiger partial charge in [-0.3, -0.25) is 14.4 Å². The zero-order chi connectivity index (χ0) is 22.9. The molecule has 0 bridgehead atoms. The van der Waals surface area contributed by atoms with Gasteiger partial charge in [-0.15, -0.1) is 22.7 Å². The van der Waals surface area contributed by atoms with E-state index >= 15 is 0 Å². The summed E-state index contributed by atoms with van der Waals surface area (Å²) in [7, 11) is -3.99. The van der Waals surface area contributed by atoms with Crippen molar-refractivity contribution in [2.24, 2.45) is 0 Å². The van der Waals surface area contributed by atoms with Gasteiger partial charge in [0.2, 0.25) is 11.8 Å². The minimum atomic E-state index is -3.99. The number of sulfonamides is 1. The highest BCUT2D eigenvalue weighted by Gasteiger charge is 2.47. The molecule has 8 nitrogen and oxygen atoms in total. The lowest BCUT2D eigenvalue weighted by Gasteiger charge is -2.25. The summed E-state index contributed by atoms with van der Waals surface area (Å²) >= 11 is 2.45. The SMILES string of the molecule is CC(=O)Nc1ccc(N2C(=O)CC(N(Cc3cccs3)S(=O)(=O)c3cccs3)C2=O)cc1. The predicted molar refractivity (Wildman–Crippen MR) is 123 cm³/mol. The highest BCUT2D eigenvalue weighted by molar-refractivity contribution is 7.91. The van der Waals surface area contributed by atoms with Gasteiger partial charge in [0.1, 0.15) is 10.3 Å². The Morgan fingerprint density at radius 1 is 1.09 bits per heavy atom. The first-order chi connectivity index (χ1) is 15.3. The molecule has 0 spiro atoms. The number of anilines is 2. The number of thiophene rings is 2. The van der Waals surface area contributed by atoms with E-state index in [4.69, 9.17) is 0 Å². The number of nitrogens with one attached hydrogen (secondary N) is 1. The number of carbonyl (C=O) groups is 3. The van der Waals surface area contributed by atoms with Crippen molar-refractivity contribution in [1.29, 1.82) is 0 Å². The largest absolute Gasteiger partial charge is 0.326 e. The third-order valence-corrected chi connectivity index (χ3v) is 8.96. The van der Waals surface area contributed by atoms with Crippen LogP contribution in [0.3, 0.4) is 0 Å². The third-order valence-electron chi connectivity index (χ3n) is 4.87. The van der Waals surface area contributed by atoms with E-state index in [1.54, 1.807) is 47.8 Å². The molecule has 1 saturated heterocycles. The standard InChI is InChI=1S/C21H19N3O5S3/c1-14(25)22-15-6-8-16(9-7-15)24-19(26)12-18(21(24)27)23(13-17-4-2-10-30-17)32(28,29)20-5-3-11-31-20/h2-11,18H,12-13H2,1H3,(H,22,25). The van der Waals surface area contributed by atoms with E-state index in [1.165, 1.54) is 24.3 Å². The molecule has 1 aliphatic rings. The molecule has 1 N–H and O–H groups in total. The molecule has 1 aliphatic heterocycles. The lowest BCUT2D eigenvalue weighted by molar-refractivity contribution is -0.122. The number of carbonyl (C=O) groups excluding carboxylic acids is 3. The van der Waals surface area contributed by atoms with Crippen molar-refractivity contribution in [3.63, 3.8) is 0 Å². The summed E-state index contributed by atoms with van der Waals surface area (Å²) in [4.78, 5) is 39.1. The summed E-state index contributed by atoms with van der Waals surface area (Å²) in [6, 6.07) is 11.8. The van der Waals surface area contributed by atoms with Crippen molar-refractivity contribution >= 4 is 61.8 Å². The maximum Gasteiger partial charge on any atom is 0.253 e. The van der Waals surface area contributed by atoms with Crippen molar-refractivity contribution in [2.75, 3.05) is 10.2 Å². The maximum atomic E-state index is 13.4. The van der Waals surface area contributed by atoms with Crippen LogP contribution in [0.4, 0.5) is 11.4 Å². The Morgan fingerprint density at radius 3 is 2.38 bits per heavy atom. The zero-order valence-corrected chi connectivity index (χ0v) is 19.4. The molecular formula is C21H19N3O5S3. The molecule has 1 fully saturated rings. The summed E-state index contributed by atoms with van der Waals surface area (Å²) in [5.41, 5.74) is 0.845. The number of nitrogens with zero attached hydrogens (tertiary/aromatic N) is 2. The van der Waals surface area contributed by atoms with Crippen LogP contribution in [0.25, 0.3) is 0 Å². The first kappa shape index (κ1) is 22.3. The van der Waals surface area contributed by atoms with Crippen molar-refractivity contribution < 1.29 is 22.8 Å². The van der Waals surface area contributed by atoms with Crippen LogP contribution in [0, 0.1) is 0 Å². The van der Waals surface area contributed by atoms with Crippen LogP contribution in [0.2, 0.25) is 0 Å². The fourth-order valence-corrected chi connectivity index (χ4v) is 6.92. The molecule has 1 aromatic carbocycles.